The molecule has 0 saturated heterocycles. The predicted molar refractivity (Wildman–Crippen MR) is 148 cm³/mol. The summed E-state index contributed by atoms with van der Waals surface area (Å²) in [5, 5.41) is 2.83. The molecule has 2 aromatic carbocycles. The molecule has 0 bridgehead atoms. The minimum absolute atomic E-state index is 0.0493. The number of nitrogen functional groups attached to an aromatic ring is 1. The Labute approximate surface area is 238 Å². The molecule has 0 unspecified atom stereocenters. The van der Waals surface area contributed by atoms with Crippen molar-refractivity contribution in [2.45, 2.75) is 19.0 Å². The standard InChI is InChI=1S/C29H22ClF3N6O2/c1-38-23-10-11-35-27(41)22(23)15-24(38)26-19(16-36-28(34)37-26)9-8-17-4-3-7-21(13-17)39(30)25(40)14-18-5-2-6-20(12-18)29(31,32)33/h2-7,12-13,15-16H,10-11,14H2,1H3,(H,35,41)(H2,34,36,37). The average molecular weight is 579 g/mol. The number of rotatable bonds is 4. The second-order valence-electron chi connectivity index (χ2n) is 9.30. The van der Waals surface area contributed by atoms with E-state index >= 15 is 0 Å². The van der Waals surface area contributed by atoms with Gasteiger partial charge in [0.25, 0.3) is 5.91 Å². The molecule has 2 amide bonds. The van der Waals surface area contributed by atoms with Crippen molar-refractivity contribution in [2.75, 3.05) is 16.7 Å². The molecule has 0 atom stereocenters. The number of carbonyl (C=O) groups excluding carboxylic acids is 2. The Hall–Kier alpha value is -4.82. The van der Waals surface area contributed by atoms with Crippen LogP contribution in [0.3, 0.4) is 0 Å². The topological polar surface area (TPSA) is 106 Å². The van der Waals surface area contributed by atoms with Crippen molar-refractivity contribution in [3.8, 4) is 23.2 Å². The zero-order valence-corrected chi connectivity index (χ0v) is 22.3. The summed E-state index contributed by atoms with van der Waals surface area (Å²) in [5.41, 5.74) is 9.04. The van der Waals surface area contributed by atoms with Crippen LogP contribution < -0.4 is 15.5 Å². The van der Waals surface area contributed by atoms with Crippen molar-refractivity contribution in [1.29, 1.82) is 0 Å². The van der Waals surface area contributed by atoms with Crippen LogP contribution in [0.2, 0.25) is 0 Å². The van der Waals surface area contributed by atoms with Gasteiger partial charge < -0.3 is 15.6 Å². The van der Waals surface area contributed by atoms with E-state index in [1.165, 1.54) is 18.3 Å². The molecule has 0 aliphatic carbocycles. The van der Waals surface area contributed by atoms with Gasteiger partial charge in [0, 0.05) is 49.2 Å². The number of benzene rings is 2. The number of hydrogen-bond acceptors (Lipinski definition) is 5. The summed E-state index contributed by atoms with van der Waals surface area (Å²) >= 11 is 6.27. The molecule has 12 heteroatoms. The fourth-order valence-electron chi connectivity index (χ4n) is 4.53. The number of nitrogens with two attached hydrogens (primary N) is 1. The molecule has 0 fully saturated rings. The van der Waals surface area contributed by atoms with E-state index in [0.717, 1.165) is 22.2 Å². The highest BCUT2D eigenvalue weighted by atomic mass is 35.5. The van der Waals surface area contributed by atoms with E-state index in [1.807, 2.05) is 11.6 Å². The molecule has 0 saturated carbocycles. The molecule has 0 radical (unpaired) electrons. The van der Waals surface area contributed by atoms with Crippen LogP contribution in [0.15, 0.2) is 60.8 Å². The highest BCUT2D eigenvalue weighted by Crippen LogP contribution is 2.30. The van der Waals surface area contributed by atoms with E-state index in [4.69, 9.17) is 17.5 Å². The quantitative estimate of drug-likeness (QED) is 0.274. The van der Waals surface area contributed by atoms with Crippen LogP contribution in [0.25, 0.3) is 11.4 Å². The minimum atomic E-state index is -4.52. The van der Waals surface area contributed by atoms with Crippen molar-refractivity contribution in [1.82, 2.24) is 19.9 Å². The second-order valence-corrected chi connectivity index (χ2v) is 9.63. The number of amides is 2. The first kappa shape index (κ1) is 27.7. The zero-order chi connectivity index (χ0) is 29.3. The number of carbonyl (C=O) groups is 2. The molecular formula is C29H22ClF3N6O2. The molecule has 5 rings (SSSR count). The predicted octanol–water partition coefficient (Wildman–Crippen LogP) is 4.50. The van der Waals surface area contributed by atoms with Crippen molar-refractivity contribution in [2.24, 2.45) is 7.05 Å². The summed E-state index contributed by atoms with van der Waals surface area (Å²) < 4.78 is 41.8. The molecule has 2 aromatic heterocycles. The van der Waals surface area contributed by atoms with Gasteiger partial charge in [-0.25, -0.2) is 14.4 Å². The number of hydrogen-bond donors (Lipinski definition) is 2. The first-order valence-electron chi connectivity index (χ1n) is 12.4. The Morgan fingerprint density at radius 2 is 1.95 bits per heavy atom. The summed E-state index contributed by atoms with van der Waals surface area (Å²) in [6.45, 7) is 0.540. The summed E-state index contributed by atoms with van der Waals surface area (Å²) in [5.74, 6) is 5.32. The number of nitrogens with one attached hydrogen (secondary N) is 1. The lowest BCUT2D eigenvalue weighted by Gasteiger charge is -2.15. The van der Waals surface area contributed by atoms with Crippen molar-refractivity contribution < 1.29 is 22.8 Å². The third kappa shape index (κ3) is 5.88. The van der Waals surface area contributed by atoms with Crippen LogP contribution in [0.1, 0.15) is 38.3 Å². The first-order chi connectivity index (χ1) is 19.5. The minimum Gasteiger partial charge on any atom is -0.368 e. The van der Waals surface area contributed by atoms with E-state index < -0.39 is 17.6 Å². The molecule has 8 nitrogen and oxygen atoms in total. The van der Waals surface area contributed by atoms with E-state index in [9.17, 15) is 22.8 Å². The number of anilines is 2. The third-order valence-electron chi connectivity index (χ3n) is 6.54. The average Bonchev–Trinajstić information content (AvgIpc) is 3.29. The number of aromatic nitrogens is 3. The second kappa shape index (κ2) is 11.0. The lowest BCUT2D eigenvalue weighted by atomic mass is 10.1. The van der Waals surface area contributed by atoms with Crippen LogP contribution in [-0.4, -0.2) is 32.9 Å². The van der Waals surface area contributed by atoms with Gasteiger partial charge in [0.05, 0.1) is 34.5 Å². The van der Waals surface area contributed by atoms with Crippen LogP contribution >= 0.6 is 11.8 Å². The largest absolute Gasteiger partial charge is 0.416 e. The summed E-state index contributed by atoms with van der Waals surface area (Å²) in [7, 11) is 1.84. The lowest BCUT2D eigenvalue weighted by molar-refractivity contribution is -0.137. The SMILES string of the molecule is Cn1c(-c2nc(N)ncc2C#Cc2cccc(N(Cl)C(=O)Cc3cccc(C(F)(F)F)c3)c2)cc2c1CCNC2=O. The molecular weight excluding hydrogens is 557 g/mol. The van der Waals surface area contributed by atoms with Crippen LogP contribution in [0.4, 0.5) is 24.8 Å². The summed E-state index contributed by atoms with van der Waals surface area (Å²) in [6, 6.07) is 12.8. The molecule has 1 aliphatic heterocycles. The van der Waals surface area contributed by atoms with Crippen LogP contribution in [0, 0.1) is 11.8 Å². The summed E-state index contributed by atoms with van der Waals surface area (Å²) in [4.78, 5) is 33.5. The maximum Gasteiger partial charge on any atom is 0.416 e. The fraction of sp³-hybridized carbons (Fsp3) is 0.172. The smallest absolute Gasteiger partial charge is 0.368 e. The van der Waals surface area contributed by atoms with E-state index in [0.29, 0.717) is 46.7 Å². The van der Waals surface area contributed by atoms with Gasteiger partial charge in [-0.15, -0.1) is 0 Å². The van der Waals surface area contributed by atoms with E-state index in [1.54, 1.807) is 30.3 Å². The van der Waals surface area contributed by atoms with Gasteiger partial charge in [-0.1, -0.05) is 36.1 Å². The van der Waals surface area contributed by atoms with Crippen LogP contribution in [0.5, 0.6) is 0 Å². The van der Waals surface area contributed by atoms with Gasteiger partial charge in [0.1, 0.15) is 5.69 Å². The van der Waals surface area contributed by atoms with Gasteiger partial charge in [0.15, 0.2) is 0 Å². The Morgan fingerprint density at radius 3 is 2.71 bits per heavy atom. The lowest BCUT2D eigenvalue weighted by Crippen LogP contribution is -2.31. The third-order valence-corrected chi connectivity index (χ3v) is 6.93. The van der Waals surface area contributed by atoms with Gasteiger partial charge in [-0.3, -0.25) is 9.59 Å². The Balaban J connectivity index is 1.40. The number of alkyl halides is 3. The molecule has 208 valence electrons. The fourth-order valence-corrected chi connectivity index (χ4v) is 4.70. The number of halogens is 4. The van der Waals surface area contributed by atoms with Gasteiger partial charge in [0.2, 0.25) is 11.9 Å². The van der Waals surface area contributed by atoms with Gasteiger partial charge in [-0.2, -0.15) is 13.2 Å². The number of nitrogens with zero attached hydrogens (tertiary/aromatic N) is 4. The monoisotopic (exact) mass is 578 g/mol. The zero-order valence-electron chi connectivity index (χ0n) is 21.6. The van der Waals surface area contributed by atoms with E-state index in [2.05, 4.69) is 27.1 Å². The van der Waals surface area contributed by atoms with Crippen molar-refractivity contribution >= 4 is 35.2 Å². The molecule has 41 heavy (non-hydrogen) atoms. The van der Waals surface area contributed by atoms with Gasteiger partial charge >= 0.3 is 6.18 Å². The van der Waals surface area contributed by atoms with Crippen molar-refractivity contribution in [3.63, 3.8) is 0 Å². The Morgan fingerprint density at radius 1 is 1.17 bits per heavy atom. The van der Waals surface area contributed by atoms with Gasteiger partial charge in [-0.05, 0) is 35.9 Å². The highest BCUT2D eigenvalue weighted by Gasteiger charge is 2.30. The summed E-state index contributed by atoms with van der Waals surface area (Å²) in [6.07, 6.45) is -2.68. The molecule has 3 N–H and O–H groups in total. The maximum atomic E-state index is 13.0. The highest BCUT2D eigenvalue weighted by molar-refractivity contribution is 6.36. The molecule has 0 spiro atoms. The normalized spacial score (nSPS) is 12.7. The van der Waals surface area contributed by atoms with E-state index in [-0.39, 0.29) is 23.8 Å². The number of fused-ring (bicyclic) bond motifs is 1. The van der Waals surface area contributed by atoms with Crippen LogP contribution in [-0.2, 0) is 30.9 Å². The Bertz CT molecular complexity index is 1740. The molecule has 4 aromatic rings. The Kier molecular flexibility index (Phi) is 7.43. The maximum absolute atomic E-state index is 13.0. The first-order valence-corrected chi connectivity index (χ1v) is 12.7. The molecule has 1 aliphatic rings. The van der Waals surface area contributed by atoms with Crippen molar-refractivity contribution in [3.05, 3.63) is 94.3 Å². The molecule has 3 heterocycles.